The number of nitrogens with one attached hydrogen (secondary N) is 1. The minimum atomic E-state index is -2.36. The topological polar surface area (TPSA) is 338 Å². The molecule has 3 rings (SSSR count). The molecular weight excluding hydrogens is 929 g/mol. The molecule has 71 heavy (non-hydrogen) atoms. The number of allylic oxidation sites excluding steroid dienone is 12. The van der Waals surface area contributed by atoms with E-state index < -0.39 is 153 Å². The monoisotopic (exact) mass is 1010 g/mol. The number of aliphatic hydroxyl groups is 10. The standard InChI is InChI=1S/C51H80N2O18/c1-30(2)46(49(65)67-5)53-48(64)44-40(60)28-51(66)27-35(56)24-39(59)37(57)21-20-33(54)23-34(55)25-43(62)69-32(4)22-38(58)31(3)18-16-14-12-10-8-6-7-9-11-13-15-17-19-36(26-42(44)71-51)70-50-47(63)45(52)41(61)29-68-50/h6-19,30-42,44-47,50,54-61,63,66H,20-29,52H2,1-5H3,(H,53,64)/b7-6+,10-8+,11-9+,14-12+,15-13+,18-16+,19-17+/t31-,32-,33?,34?,35?,36?,37+,38-,39?,40-,41+,42-,44?,45-,46?,47-,50-,51?/m0/s1. The van der Waals surface area contributed by atoms with Crippen molar-refractivity contribution in [3.63, 3.8) is 0 Å². The molecular formula is C51H80N2O18. The van der Waals surface area contributed by atoms with Crippen molar-refractivity contribution in [1.29, 1.82) is 0 Å². The summed E-state index contributed by atoms with van der Waals surface area (Å²) in [6, 6.07) is -2.29. The van der Waals surface area contributed by atoms with E-state index in [9.17, 15) is 65.4 Å². The lowest BCUT2D eigenvalue weighted by Crippen LogP contribution is -2.60. The number of hydrogen-bond donors (Lipinski definition) is 12. The van der Waals surface area contributed by atoms with Gasteiger partial charge in [-0.2, -0.15) is 0 Å². The Balaban J connectivity index is 1.96. The number of ether oxygens (including phenoxy) is 5. The zero-order chi connectivity index (χ0) is 52.8. The van der Waals surface area contributed by atoms with Gasteiger partial charge in [0.25, 0.3) is 0 Å². The fraction of sp³-hybridized carbons (Fsp3) is 0.667. The fourth-order valence-corrected chi connectivity index (χ4v) is 8.38. The molecule has 3 aliphatic rings. The molecule has 3 aliphatic heterocycles. The summed E-state index contributed by atoms with van der Waals surface area (Å²) >= 11 is 0. The number of aliphatic hydroxyl groups excluding tert-OH is 9. The maximum Gasteiger partial charge on any atom is 0.328 e. The Morgan fingerprint density at radius 1 is 0.718 bits per heavy atom. The van der Waals surface area contributed by atoms with Gasteiger partial charge in [0, 0.05) is 38.0 Å². The Morgan fingerprint density at radius 2 is 1.31 bits per heavy atom. The first-order valence-corrected chi connectivity index (χ1v) is 24.3. The molecule has 20 heteroatoms. The Kier molecular flexibility index (Phi) is 26.7. The number of fused-ring (bicyclic) bond motifs is 2. The third-order valence-corrected chi connectivity index (χ3v) is 12.5. The minimum Gasteiger partial charge on any atom is -0.467 e. The Morgan fingerprint density at radius 3 is 1.90 bits per heavy atom. The van der Waals surface area contributed by atoms with Crippen LogP contribution in [0.3, 0.4) is 0 Å². The molecule has 18 atom stereocenters. The van der Waals surface area contributed by atoms with Crippen molar-refractivity contribution in [2.24, 2.45) is 23.5 Å². The number of cyclic esters (lactones) is 1. The Bertz CT molecular complexity index is 1840. The smallest absolute Gasteiger partial charge is 0.328 e. The van der Waals surface area contributed by atoms with Crippen LogP contribution in [0, 0.1) is 17.8 Å². The van der Waals surface area contributed by atoms with Gasteiger partial charge in [0.15, 0.2) is 12.1 Å². The van der Waals surface area contributed by atoms with Crippen LogP contribution in [0.4, 0.5) is 0 Å². The lowest BCUT2D eigenvalue weighted by atomic mass is 9.81. The summed E-state index contributed by atoms with van der Waals surface area (Å²) in [4.78, 5) is 39.3. The van der Waals surface area contributed by atoms with Crippen molar-refractivity contribution in [3.8, 4) is 0 Å². The molecule has 0 aromatic carbocycles. The molecule has 0 spiro atoms. The molecule has 8 unspecified atom stereocenters. The lowest BCUT2D eigenvalue weighted by Gasteiger charge is -2.46. The highest BCUT2D eigenvalue weighted by atomic mass is 16.7. The van der Waals surface area contributed by atoms with Crippen LogP contribution in [0.2, 0.25) is 0 Å². The Hall–Kier alpha value is -3.97. The second-order valence-corrected chi connectivity index (χ2v) is 19.1. The van der Waals surface area contributed by atoms with Crippen LogP contribution < -0.4 is 11.1 Å². The van der Waals surface area contributed by atoms with E-state index in [1.807, 2.05) is 13.0 Å². The van der Waals surface area contributed by atoms with Crippen molar-refractivity contribution >= 4 is 17.8 Å². The van der Waals surface area contributed by atoms with Crippen molar-refractivity contribution in [1.82, 2.24) is 5.32 Å². The first-order chi connectivity index (χ1) is 33.5. The maximum atomic E-state index is 14.1. The second-order valence-electron chi connectivity index (χ2n) is 19.1. The van der Waals surface area contributed by atoms with E-state index >= 15 is 0 Å². The van der Waals surface area contributed by atoms with Crippen LogP contribution in [0.5, 0.6) is 0 Å². The van der Waals surface area contributed by atoms with Crippen LogP contribution in [-0.4, -0.2) is 180 Å². The van der Waals surface area contributed by atoms with E-state index in [0.29, 0.717) is 0 Å². The second kappa shape index (κ2) is 30.9. The first-order valence-electron chi connectivity index (χ1n) is 24.3. The zero-order valence-corrected chi connectivity index (χ0v) is 41.4. The zero-order valence-electron chi connectivity index (χ0n) is 41.4. The van der Waals surface area contributed by atoms with Crippen LogP contribution >= 0.6 is 0 Å². The third-order valence-electron chi connectivity index (χ3n) is 12.5. The quantitative estimate of drug-likeness (QED) is 0.159. The average molecular weight is 1010 g/mol. The molecule has 3 heterocycles. The van der Waals surface area contributed by atoms with Crippen molar-refractivity contribution in [3.05, 3.63) is 85.1 Å². The summed E-state index contributed by atoms with van der Waals surface area (Å²) in [6.07, 6.45) is 4.44. The summed E-state index contributed by atoms with van der Waals surface area (Å²) in [7, 11) is 1.15. The average Bonchev–Trinajstić information content (AvgIpc) is 3.28. The van der Waals surface area contributed by atoms with Crippen LogP contribution in [0.15, 0.2) is 85.1 Å². The molecule has 0 aliphatic carbocycles. The largest absolute Gasteiger partial charge is 0.467 e. The number of methoxy groups -OCH3 is 1. The van der Waals surface area contributed by atoms with E-state index in [0.717, 1.165) is 7.11 Å². The van der Waals surface area contributed by atoms with Gasteiger partial charge in [-0.1, -0.05) is 106 Å². The molecule has 2 bridgehead atoms. The SMILES string of the molecule is COC(=O)C(NC(=O)C1[C@@H]2CC(O[C@@H]3OC[C@@H](O)[C@H](N)[C@@H]3O)/C=C/C=C/C=C/C=C/C=C/C=C/C=C/[C@H](C)[C@@H](O)C[C@H](C)OC(=O)CC(O)CC(O)CC[C@@H](O)C(O)CC(O)CC(O)(C[C@@H]1O)O2)C(C)C. The summed E-state index contributed by atoms with van der Waals surface area (Å²) in [5, 5.41) is 112. The molecule has 0 saturated carbocycles. The van der Waals surface area contributed by atoms with E-state index in [2.05, 4.69) is 5.32 Å². The highest BCUT2D eigenvalue weighted by Crippen LogP contribution is 2.38. The van der Waals surface area contributed by atoms with Gasteiger partial charge >= 0.3 is 11.9 Å². The molecule has 1 amide bonds. The predicted octanol–water partition coefficient (Wildman–Crippen LogP) is 0.306. The van der Waals surface area contributed by atoms with E-state index in [1.54, 1.807) is 93.7 Å². The highest BCUT2D eigenvalue weighted by molar-refractivity contribution is 5.86. The number of esters is 2. The first kappa shape index (κ1) is 61.3. The van der Waals surface area contributed by atoms with Gasteiger partial charge in [-0.3, -0.25) is 9.59 Å². The summed E-state index contributed by atoms with van der Waals surface area (Å²) in [5.41, 5.74) is 6.02. The van der Waals surface area contributed by atoms with Gasteiger partial charge in [-0.15, -0.1) is 0 Å². The lowest BCUT2D eigenvalue weighted by molar-refractivity contribution is -0.304. The maximum absolute atomic E-state index is 14.1. The minimum absolute atomic E-state index is 0.116. The normalized spacial score (nSPS) is 40.9. The number of carbonyl (C=O) groups excluding carboxylic acids is 3. The summed E-state index contributed by atoms with van der Waals surface area (Å²) in [6.45, 7) is 6.50. The molecule has 20 nitrogen and oxygen atoms in total. The summed E-state index contributed by atoms with van der Waals surface area (Å²) in [5.74, 6) is -6.87. The molecule has 2 fully saturated rings. The molecule has 402 valence electrons. The number of nitrogens with two attached hydrogens (primary N) is 1. The number of carbonyl (C=O) groups is 3. The number of hydrogen-bond acceptors (Lipinski definition) is 19. The third kappa shape index (κ3) is 21.6. The van der Waals surface area contributed by atoms with Gasteiger partial charge in [0.05, 0.1) is 93.1 Å². The molecule has 13 N–H and O–H groups in total. The molecule has 0 aromatic rings. The fourth-order valence-electron chi connectivity index (χ4n) is 8.38. The van der Waals surface area contributed by atoms with Gasteiger partial charge in [-0.05, 0) is 32.1 Å². The molecule has 0 radical (unpaired) electrons. The van der Waals surface area contributed by atoms with Crippen molar-refractivity contribution < 1.29 is 89.1 Å². The van der Waals surface area contributed by atoms with Gasteiger partial charge in [-0.25, -0.2) is 4.79 Å². The van der Waals surface area contributed by atoms with Crippen LogP contribution in [0.25, 0.3) is 0 Å². The Labute approximate surface area is 416 Å². The number of rotatable bonds is 6. The van der Waals surface area contributed by atoms with E-state index in [4.69, 9.17) is 29.4 Å². The van der Waals surface area contributed by atoms with Crippen molar-refractivity contribution in [2.75, 3.05) is 13.7 Å². The van der Waals surface area contributed by atoms with E-state index in [-0.39, 0.29) is 44.6 Å². The van der Waals surface area contributed by atoms with Crippen LogP contribution in [0.1, 0.15) is 85.5 Å². The predicted molar refractivity (Wildman–Crippen MR) is 259 cm³/mol. The van der Waals surface area contributed by atoms with E-state index in [1.165, 1.54) is 6.08 Å². The summed E-state index contributed by atoms with van der Waals surface area (Å²) < 4.78 is 28.2. The van der Waals surface area contributed by atoms with Gasteiger partial charge in [0.1, 0.15) is 18.2 Å². The van der Waals surface area contributed by atoms with Gasteiger partial charge < -0.3 is 85.8 Å². The molecule has 0 aromatic heterocycles. The van der Waals surface area contributed by atoms with Gasteiger partial charge in [0.2, 0.25) is 5.91 Å². The number of amides is 1. The van der Waals surface area contributed by atoms with Crippen LogP contribution in [-0.2, 0) is 38.1 Å². The van der Waals surface area contributed by atoms with Crippen molar-refractivity contribution in [2.45, 2.75) is 183 Å². The molecule has 2 saturated heterocycles. The highest BCUT2D eigenvalue weighted by Gasteiger charge is 2.51.